The van der Waals surface area contributed by atoms with Crippen molar-refractivity contribution in [2.45, 2.75) is 44.3 Å². The minimum absolute atomic E-state index is 0.102. The van der Waals surface area contributed by atoms with Gasteiger partial charge in [0.2, 0.25) is 5.91 Å². The number of allylic oxidation sites excluding steroid dienone is 2. The summed E-state index contributed by atoms with van der Waals surface area (Å²) in [5, 5.41) is 3.02. The number of nitrogens with one attached hydrogen (secondary N) is 1. The first-order valence-corrected chi connectivity index (χ1v) is 10.2. The van der Waals surface area contributed by atoms with Crippen LogP contribution >= 0.6 is 0 Å². The average molecular weight is 382 g/mol. The number of likely N-dealkylation sites (tertiary alicyclic amines) is 1. The molecular weight excluding hydrogens is 356 g/mol. The number of nitrogens with zero attached hydrogens (tertiary/aromatic N) is 3. The summed E-state index contributed by atoms with van der Waals surface area (Å²) >= 11 is 0. The van der Waals surface area contributed by atoms with Crippen LogP contribution in [-0.2, 0) is 9.53 Å². The van der Waals surface area contributed by atoms with Gasteiger partial charge in [-0.2, -0.15) is 0 Å². The van der Waals surface area contributed by atoms with Gasteiger partial charge in [0, 0.05) is 37.0 Å². The highest BCUT2D eigenvalue weighted by Crippen LogP contribution is 2.54. The summed E-state index contributed by atoms with van der Waals surface area (Å²) in [6.45, 7) is 3.85. The maximum absolute atomic E-state index is 12.9. The molecule has 0 unspecified atom stereocenters. The maximum Gasteiger partial charge on any atom is 0.271 e. The van der Waals surface area contributed by atoms with Crippen molar-refractivity contribution in [3.8, 4) is 0 Å². The molecule has 1 aromatic rings. The Morgan fingerprint density at radius 2 is 2.11 bits per heavy atom. The van der Waals surface area contributed by atoms with E-state index in [0.717, 1.165) is 37.9 Å². The van der Waals surface area contributed by atoms with Gasteiger partial charge >= 0.3 is 0 Å². The van der Waals surface area contributed by atoms with Crippen LogP contribution < -0.4 is 5.32 Å². The van der Waals surface area contributed by atoms with Gasteiger partial charge in [-0.15, -0.1) is 0 Å². The number of hydrogen-bond acceptors (Lipinski definition) is 5. The molecule has 2 amide bonds. The van der Waals surface area contributed by atoms with Gasteiger partial charge < -0.3 is 15.0 Å². The number of carbonyl (C=O) groups excluding carboxylic acids is 2. The van der Waals surface area contributed by atoms with E-state index in [-0.39, 0.29) is 35.4 Å². The zero-order chi connectivity index (χ0) is 19.3. The van der Waals surface area contributed by atoms with E-state index in [1.807, 2.05) is 11.8 Å². The second kappa shape index (κ2) is 6.65. The molecule has 0 saturated carbocycles. The van der Waals surface area contributed by atoms with Crippen molar-refractivity contribution < 1.29 is 14.3 Å². The minimum Gasteiger partial charge on any atom is -0.369 e. The molecule has 4 atom stereocenters. The van der Waals surface area contributed by atoms with Crippen molar-refractivity contribution >= 4 is 11.8 Å². The molecule has 1 aliphatic carbocycles. The van der Waals surface area contributed by atoms with Crippen LogP contribution in [0.5, 0.6) is 0 Å². The summed E-state index contributed by atoms with van der Waals surface area (Å²) in [6.07, 6.45) is 11.2. The van der Waals surface area contributed by atoms with E-state index >= 15 is 0 Å². The molecule has 4 heterocycles. The number of aromatic nitrogens is 2. The first-order chi connectivity index (χ1) is 13.6. The summed E-state index contributed by atoms with van der Waals surface area (Å²) in [5.41, 5.74) is 0.917. The van der Waals surface area contributed by atoms with Gasteiger partial charge in [0.05, 0.1) is 30.1 Å². The number of carbonyl (C=O) groups is 2. The molecule has 7 heteroatoms. The summed E-state index contributed by atoms with van der Waals surface area (Å²) in [6, 6.07) is 0. The fourth-order valence-electron chi connectivity index (χ4n) is 5.52. The minimum atomic E-state index is -0.203. The van der Waals surface area contributed by atoms with E-state index in [4.69, 9.17) is 4.74 Å². The van der Waals surface area contributed by atoms with E-state index in [0.29, 0.717) is 24.7 Å². The lowest BCUT2D eigenvalue weighted by Crippen LogP contribution is -2.42. The van der Waals surface area contributed by atoms with Crippen molar-refractivity contribution in [3.63, 3.8) is 0 Å². The molecule has 2 bridgehead atoms. The molecule has 28 heavy (non-hydrogen) atoms. The van der Waals surface area contributed by atoms with Crippen LogP contribution in [-0.4, -0.2) is 58.0 Å². The number of fused-ring (bicyclic) bond motifs is 1. The third-order valence-electron chi connectivity index (χ3n) is 6.96. The van der Waals surface area contributed by atoms with Gasteiger partial charge in [0.15, 0.2) is 0 Å². The summed E-state index contributed by atoms with van der Waals surface area (Å²) < 4.78 is 6.40. The smallest absolute Gasteiger partial charge is 0.271 e. The van der Waals surface area contributed by atoms with E-state index in [2.05, 4.69) is 27.4 Å². The Morgan fingerprint density at radius 1 is 1.29 bits per heavy atom. The zero-order valence-electron chi connectivity index (χ0n) is 16.1. The first-order valence-electron chi connectivity index (χ1n) is 10.2. The maximum atomic E-state index is 12.9. The predicted molar refractivity (Wildman–Crippen MR) is 101 cm³/mol. The molecule has 1 aromatic heterocycles. The van der Waals surface area contributed by atoms with Crippen LogP contribution in [0.25, 0.3) is 0 Å². The Balaban J connectivity index is 1.24. The molecule has 3 saturated heterocycles. The van der Waals surface area contributed by atoms with Gasteiger partial charge in [0.1, 0.15) is 5.69 Å². The fourth-order valence-corrected chi connectivity index (χ4v) is 5.52. The first kappa shape index (κ1) is 17.8. The van der Waals surface area contributed by atoms with E-state index in [1.54, 1.807) is 6.20 Å². The van der Waals surface area contributed by atoms with Crippen molar-refractivity contribution in [1.82, 2.24) is 20.2 Å². The van der Waals surface area contributed by atoms with Gasteiger partial charge in [-0.3, -0.25) is 14.6 Å². The summed E-state index contributed by atoms with van der Waals surface area (Å²) in [4.78, 5) is 35.6. The molecule has 148 valence electrons. The second-order valence-corrected chi connectivity index (χ2v) is 8.64. The summed E-state index contributed by atoms with van der Waals surface area (Å²) in [7, 11) is 0. The predicted octanol–water partition coefficient (Wildman–Crippen LogP) is 1.49. The number of amides is 2. The lowest BCUT2D eigenvalue weighted by molar-refractivity contribution is -0.135. The van der Waals surface area contributed by atoms with E-state index in [1.165, 1.54) is 6.20 Å². The lowest BCUT2D eigenvalue weighted by atomic mass is 9.73. The van der Waals surface area contributed by atoms with Crippen LogP contribution in [0.1, 0.15) is 41.9 Å². The summed E-state index contributed by atoms with van der Waals surface area (Å²) in [5.74, 6) is 0.709. The third-order valence-corrected chi connectivity index (χ3v) is 6.96. The third kappa shape index (κ3) is 2.83. The van der Waals surface area contributed by atoms with Gasteiger partial charge in [0.25, 0.3) is 5.91 Å². The number of ether oxygens (including phenoxy) is 1. The fraction of sp³-hybridized carbons (Fsp3) is 0.619. The van der Waals surface area contributed by atoms with Gasteiger partial charge in [-0.25, -0.2) is 4.98 Å². The molecule has 5 rings (SSSR count). The Kier molecular flexibility index (Phi) is 4.23. The highest BCUT2D eigenvalue weighted by molar-refractivity contribution is 5.91. The SMILES string of the molecule is Cc1cnc(C(=O)NC[C@H]2[C@H]3CN(C(=O)C4CC=CC4)C[C@]34CC[C@H]2O4)cn1. The Bertz CT molecular complexity index is 815. The molecule has 1 N–H and O–H groups in total. The number of hydrogen-bond donors (Lipinski definition) is 1. The lowest BCUT2D eigenvalue weighted by Gasteiger charge is -2.29. The number of aryl methyl sites for hydroxylation is 1. The Morgan fingerprint density at radius 3 is 2.86 bits per heavy atom. The molecule has 1 spiro atoms. The largest absolute Gasteiger partial charge is 0.369 e. The topological polar surface area (TPSA) is 84.4 Å². The molecular formula is C21H26N4O3. The average Bonchev–Trinajstić information content (AvgIpc) is 3.46. The van der Waals surface area contributed by atoms with Gasteiger partial charge in [-0.05, 0) is 32.6 Å². The molecule has 7 nitrogen and oxygen atoms in total. The molecule has 0 aromatic carbocycles. The molecule has 4 aliphatic rings. The van der Waals surface area contributed by atoms with Crippen LogP contribution in [0, 0.1) is 24.7 Å². The molecule has 3 fully saturated rings. The second-order valence-electron chi connectivity index (χ2n) is 8.64. The Hall–Kier alpha value is -2.28. The van der Waals surface area contributed by atoms with Crippen molar-refractivity contribution in [1.29, 1.82) is 0 Å². The van der Waals surface area contributed by atoms with Crippen LogP contribution in [0.3, 0.4) is 0 Å². The standard InChI is InChI=1S/C21H26N4O3/c1-13-8-23-17(10-22-13)19(26)24-9-15-16-11-25(20(27)14-4-2-3-5-14)12-21(16)7-6-18(15)28-21/h2-3,8,10,14-16,18H,4-7,9,11-12H2,1H3,(H,24,26)/t15-,16+,18+,21+/m0/s1. The van der Waals surface area contributed by atoms with E-state index < -0.39 is 0 Å². The van der Waals surface area contributed by atoms with Crippen molar-refractivity contribution in [2.75, 3.05) is 19.6 Å². The van der Waals surface area contributed by atoms with Crippen LogP contribution in [0.4, 0.5) is 0 Å². The van der Waals surface area contributed by atoms with Crippen molar-refractivity contribution in [3.05, 3.63) is 35.9 Å². The highest BCUT2D eigenvalue weighted by Gasteiger charge is 2.63. The zero-order valence-corrected chi connectivity index (χ0v) is 16.1. The normalized spacial score (nSPS) is 33.5. The molecule has 0 radical (unpaired) electrons. The highest BCUT2D eigenvalue weighted by atomic mass is 16.5. The van der Waals surface area contributed by atoms with Crippen molar-refractivity contribution in [2.24, 2.45) is 17.8 Å². The molecule has 3 aliphatic heterocycles. The quantitative estimate of drug-likeness (QED) is 0.798. The van der Waals surface area contributed by atoms with Crippen LogP contribution in [0.2, 0.25) is 0 Å². The Labute approximate surface area is 164 Å². The van der Waals surface area contributed by atoms with Gasteiger partial charge in [-0.1, -0.05) is 12.2 Å². The van der Waals surface area contributed by atoms with Crippen LogP contribution in [0.15, 0.2) is 24.5 Å². The number of rotatable bonds is 4. The van der Waals surface area contributed by atoms with E-state index in [9.17, 15) is 9.59 Å². The monoisotopic (exact) mass is 382 g/mol.